The van der Waals surface area contributed by atoms with Crippen molar-refractivity contribution >= 4 is 15.9 Å². The molecule has 0 aliphatic heterocycles. The van der Waals surface area contributed by atoms with E-state index >= 15 is 0 Å². The van der Waals surface area contributed by atoms with E-state index in [4.69, 9.17) is 20.9 Å². The summed E-state index contributed by atoms with van der Waals surface area (Å²) in [4.78, 5) is 0. The molecule has 16 heavy (non-hydrogen) atoms. The second-order valence-electron chi connectivity index (χ2n) is 3.41. The van der Waals surface area contributed by atoms with Gasteiger partial charge in [-0.1, -0.05) is 15.9 Å². The van der Waals surface area contributed by atoms with Gasteiger partial charge in [-0.05, 0) is 30.7 Å². The number of ether oxygens (including phenoxy) is 2. The minimum atomic E-state index is -0.0980. The first-order chi connectivity index (χ1) is 7.63. The summed E-state index contributed by atoms with van der Waals surface area (Å²) in [5.74, 6) is 1.35. The normalized spacial score (nSPS) is 12.3. The Balaban J connectivity index is 3.10. The van der Waals surface area contributed by atoms with E-state index in [0.29, 0.717) is 18.0 Å². The molecule has 0 radical (unpaired) electrons. The molecule has 0 unspecified atom stereocenters. The molecule has 1 atom stereocenters. The maximum atomic E-state index is 6.02. The molecule has 90 valence electrons. The summed E-state index contributed by atoms with van der Waals surface area (Å²) >= 11 is 3.47. The lowest BCUT2D eigenvalue weighted by atomic mass is 10.0. The van der Waals surface area contributed by atoms with Crippen LogP contribution < -0.4 is 20.9 Å². The van der Waals surface area contributed by atoms with E-state index < -0.39 is 0 Å². The molecule has 0 aliphatic rings. The number of halogens is 1. The van der Waals surface area contributed by atoms with E-state index in [2.05, 4.69) is 15.9 Å². The summed E-state index contributed by atoms with van der Waals surface area (Å²) in [6.07, 6.45) is 0.730. The lowest BCUT2D eigenvalue weighted by Crippen LogP contribution is -2.16. The minimum absolute atomic E-state index is 0.0980. The number of hydrogen-bond donors (Lipinski definition) is 2. The number of methoxy groups -OCH3 is 2. The minimum Gasteiger partial charge on any atom is -0.493 e. The maximum Gasteiger partial charge on any atom is 0.161 e. The van der Waals surface area contributed by atoms with Gasteiger partial charge in [-0.25, -0.2) is 0 Å². The molecule has 0 saturated carbocycles. The average molecular weight is 289 g/mol. The fourth-order valence-corrected chi connectivity index (χ4v) is 2.11. The molecule has 5 heteroatoms. The first-order valence-electron chi connectivity index (χ1n) is 5.01. The van der Waals surface area contributed by atoms with Crippen molar-refractivity contribution in [2.75, 3.05) is 20.8 Å². The molecule has 0 aromatic heterocycles. The standard InChI is InChI=1S/C11H17BrN2O2/c1-15-10-5-7(9(14)3-4-13)8(12)6-11(10)16-2/h5-6,9H,3-4,13-14H2,1-2H3/t9-/m0/s1. The fraction of sp³-hybridized carbons (Fsp3) is 0.455. The van der Waals surface area contributed by atoms with Gasteiger partial charge in [0, 0.05) is 10.5 Å². The van der Waals surface area contributed by atoms with Crippen LogP contribution in [0.25, 0.3) is 0 Å². The molecule has 0 heterocycles. The molecule has 0 amide bonds. The Morgan fingerprint density at radius 2 is 1.81 bits per heavy atom. The van der Waals surface area contributed by atoms with E-state index in [-0.39, 0.29) is 6.04 Å². The van der Waals surface area contributed by atoms with Gasteiger partial charge in [0.1, 0.15) is 0 Å². The van der Waals surface area contributed by atoms with Crippen LogP contribution in [0.4, 0.5) is 0 Å². The predicted molar refractivity (Wildman–Crippen MR) is 67.8 cm³/mol. The quantitative estimate of drug-likeness (QED) is 0.867. The first-order valence-corrected chi connectivity index (χ1v) is 5.80. The van der Waals surface area contributed by atoms with Gasteiger partial charge in [0.05, 0.1) is 14.2 Å². The summed E-state index contributed by atoms with van der Waals surface area (Å²) in [6.45, 7) is 0.557. The van der Waals surface area contributed by atoms with Gasteiger partial charge in [-0.3, -0.25) is 0 Å². The summed E-state index contributed by atoms with van der Waals surface area (Å²) in [5, 5.41) is 0. The van der Waals surface area contributed by atoms with Crippen molar-refractivity contribution in [1.82, 2.24) is 0 Å². The Morgan fingerprint density at radius 1 is 1.25 bits per heavy atom. The van der Waals surface area contributed by atoms with Crippen molar-refractivity contribution in [1.29, 1.82) is 0 Å². The SMILES string of the molecule is COc1cc(Br)c([C@@H](N)CCN)cc1OC. The number of nitrogens with two attached hydrogens (primary N) is 2. The largest absolute Gasteiger partial charge is 0.493 e. The Kier molecular flexibility index (Phi) is 5.05. The molecule has 4 nitrogen and oxygen atoms in total. The van der Waals surface area contributed by atoms with E-state index in [0.717, 1.165) is 16.5 Å². The molecular formula is C11H17BrN2O2. The van der Waals surface area contributed by atoms with Crippen molar-refractivity contribution in [2.24, 2.45) is 11.5 Å². The van der Waals surface area contributed by atoms with Gasteiger partial charge in [-0.2, -0.15) is 0 Å². The van der Waals surface area contributed by atoms with Gasteiger partial charge in [0.2, 0.25) is 0 Å². The zero-order valence-corrected chi connectivity index (χ0v) is 11.1. The van der Waals surface area contributed by atoms with Gasteiger partial charge >= 0.3 is 0 Å². The Bertz CT molecular complexity index is 358. The molecular weight excluding hydrogens is 272 g/mol. The summed E-state index contributed by atoms with van der Waals surface area (Å²) in [7, 11) is 3.20. The van der Waals surface area contributed by atoms with Crippen molar-refractivity contribution in [3.63, 3.8) is 0 Å². The predicted octanol–water partition coefficient (Wildman–Crippen LogP) is 1.81. The van der Waals surface area contributed by atoms with Crippen LogP contribution >= 0.6 is 15.9 Å². The van der Waals surface area contributed by atoms with Crippen LogP contribution in [-0.4, -0.2) is 20.8 Å². The molecule has 1 aromatic carbocycles. The van der Waals surface area contributed by atoms with E-state index in [9.17, 15) is 0 Å². The van der Waals surface area contributed by atoms with E-state index in [1.54, 1.807) is 14.2 Å². The molecule has 0 bridgehead atoms. The van der Waals surface area contributed by atoms with Gasteiger partial charge in [-0.15, -0.1) is 0 Å². The van der Waals surface area contributed by atoms with Crippen molar-refractivity contribution in [3.8, 4) is 11.5 Å². The molecule has 0 spiro atoms. The highest BCUT2D eigenvalue weighted by atomic mass is 79.9. The topological polar surface area (TPSA) is 70.5 Å². The highest BCUT2D eigenvalue weighted by molar-refractivity contribution is 9.10. The van der Waals surface area contributed by atoms with Crippen LogP contribution in [0, 0.1) is 0 Å². The number of rotatable bonds is 5. The van der Waals surface area contributed by atoms with Gasteiger partial charge in [0.15, 0.2) is 11.5 Å². The summed E-state index contributed by atoms with van der Waals surface area (Å²) < 4.78 is 11.3. The van der Waals surface area contributed by atoms with Crippen molar-refractivity contribution < 1.29 is 9.47 Å². The molecule has 1 aromatic rings. The maximum absolute atomic E-state index is 6.02. The Labute approximate surface area is 104 Å². The molecule has 0 fully saturated rings. The number of benzene rings is 1. The molecule has 1 rings (SSSR count). The summed E-state index contributed by atoms with van der Waals surface area (Å²) in [5.41, 5.74) is 12.5. The van der Waals surface area contributed by atoms with Crippen LogP contribution in [0.5, 0.6) is 11.5 Å². The smallest absolute Gasteiger partial charge is 0.161 e. The lowest BCUT2D eigenvalue weighted by molar-refractivity contribution is 0.354. The van der Waals surface area contributed by atoms with Crippen LogP contribution in [0.3, 0.4) is 0 Å². The van der Waals surface area contributed by atoms with Crippen LogP contribution in [0.2, 0.25) is 0 Å². The van der Waals surface area contributed by atoms with E-state index in [1.165, 1.54) is 0 Å². The van der Waals surface area contributed by atoms with Crippen LogP contribution in [-0.2, 0) is 0 Å². The Hall–Kier alpha value is -0.780. The molecule has 0 aliphatic carbocycles. The Morgan fingerprint density at radius 3 is 2.31 bits per heavy atom. The first kappa shape index (κ1) is 13.3. The zero-order chi connectivity index (χ0) is 12.1. The van der Waals surface area contributed by atoms with Crippen LogP contribution in [0.15, 0.2) is 16.6 Å². The third kappa shape index (κ3) is 2.87. The third-order valence-corrected chi connectivity index (χ3v) is 3.07. The average Bonchev–Trinajstić information content (AvgIpc) is 2.28. The van der Waals surface area contributed by atoms with Crippen molar-refractivity contribution in [2.45, 2.75) is 12.5 Å². The number of hydrogen-bond acceptors (Lipinski definition) is 4. The monoisotopic (exact) mass is 288 g/mol. The van der Waals surface area contributed by atoms with E-state index in [1.807, 2.05) is 12.1 Å². The van der Waals surface area contributed by atoms with Gasteiger partial charge < -0.3 is 20.9 Å². The molecule has 0 saturated heterocycles. The van der Waals surface area contributed by atoms with Gasteiger partial charge in [0.25, 0.3) is 0 Å². The zero-order valence-electron chi connectivity index (χ0n) is 9.50. The third-order valence-electron chi connectivity index (χ3n) is 2.38. The van der Waals surface area contributed by atoms with Crippen LogP contribution in [0.1, 0.15) is 18.0 Å². The fourth-order valence-electron chi connectivity index (χ4n) is 1.49. The summed E-state index contributed by atoms with van der Waals surface area (Å²) in [6, 6.07) is 3.63. The highest BCUT2D eigenvalue weighted by Crippen LogP contribution is 2.35. The second kappa shape index (κ2) is 6.08. The second-order valence-corrected chi connectivity index (χ2v) is 4.27. The van der Waals surface area contributed by atoms with Crippen molar-refractivity contribution in [3.05, 3.63) is 22.2 Å². The lowest BCUT2D eigenvalue weighted by Gasteiger charge is -2.16. The highest BCUT2D eigenvalue weighted by Gasteiger charge is 2.14. The molecule has 4 N–H and O–H groups in total.